The van der Waals surface area contributed by atoms with Crippen molar-refractivity contribution in [2.75, 3.05) is 0 Å². The average Bonchev–Trinajstić information content (AvgIpc) is 2.45. The van der Waals surface area contributed by atoms with Gasteiger partial charge in [-0.2, -0.15) is 0 Å². The van der Waals surface area contributed by atoms with Gasteiger partial charge in [-0.25, -0.2) is 13.1 Å². The maximum absolute atomic E-state index is 12.2. The fourth-order valence-corrected chi connectivity index (χ4v) is 3.38. The van der Waals surface area contributed by atoms with E-state index in [-0.39, 0.29) is 11.4 Å². The molecule has 0 aliphatic carbocycles. The molecule has 0 atom stereocenters. The number of pyridine rings is 1. The molecule has 0 aliphatic rings. The molecule has 0 fully saturated rings. The van der Waals surface area contributed by atoms with Crippen LogP contribution in [0.5, 0.6) is 0 Å². The molecule has 0 bridgehead atoms. The van der Waals surface area contributed by atoms with E-state index < -0.39 is 10.0 Å². The number of hydrogen-bond donors (Lipinski definition) is 1. The van der Waals surface area contributed by atoms with Crippen molar-refractivity contribution in [2.45, 2.75) is 24.8 Å². The fraction of sp³-hybridized carbons (Fsp3) is 0.214. The molecular weight excluding hydrogens is 340 g/mol. The third-order valence-electron chi connectivity index (χ3n) is 2.94. The monoisotopic (exact) mass is 354 g/mol. The summed E-state index contributed by atoms with van der Waals surface area (Å²) in [5.74, 6) is 0. The predicted octanol–water partition coefficient (Wildman–Crippen LogP) is 2.89. The Morgan fingerprint density at radius 1 is 1.20 bits per heavy atom. The Hall–Kier alpha value is -1.24. The molecule has 0 saturated heterocycles. The standard InChI is InChI=1S/C14H15BrN2O2S/c1-2-11-5-3-4-6-12(11)8-17-20(18,19)14-7-13(15)9-16-10-14/h3-7,9-10,17H,2,8H2,1H3. The highest BCUT2D eigenvalue weighted by molar-refractivity contribution is 9.10. The molecule has 0 aliphatic heterocycles. The zero-order valence-corrected chi connectivity index (χ0v) is 13.4. The normalized spacial score (nSPS) is 11.5. The Kier molecular flexibility index (Phi) is 4.91. The van der Waals surface area contributed by atoms with E-state index in [1.807, 2.05) is 31.2 Å². The van der Waals surface area contributed by atoms with Gasteiger partial charge in [0.1, 0.15) is 4.90 Å². The maximum Gasteiger partial charge on any atom is 0.242 e. The maximum atomic E-state index is 12.2. The van der Waals surface area contributed by atoms with Gasteiger partial charge in [0.2, 0.25) is 10.0 Å². The van der Waals surface area contributed by atoms with E-state index in [0.29, 0.717) is 4.47 Å². The molecule has 0 radical (unpaired) electrons. The summed E-state index contributed by atoms with van der Waals surface area (Å²) in [6.07, 6.45) is 3.75. The highest BCUT2D eigenvalue weighted by Gasteiger charge is 2.15. The van der Waals surface area contributed by atoms with Crippen LogP contribution in [-0.4, -0.2) is 13.4 Å². The second-order valence-corrected chi connectivity index (χ2v) is 6.97. The van der Waals surface area contributed by atoms with E-state index in [2.05, 4.69) is 25.6 Å². The summed E-state index contributed by atoms with van der Waals surface area (Å²) in [5, 5.41) is 0. The van der Waals surface area contributed by atoms with Crippen molar-refractivity contribution in [3.63, 3.8) is 0 Å². The second kappa shape index (κ2) is 6.47. The summed E-state index contributed by atoms with van der Waals surface area (Å²) >= 11 is 3.22. The Balaban J connectivity index is 2.17. The van der Waals surface area contributed by atoms with E-state index >= 15 is 0 Å². The van der Waals surface area contributed by atoms with Gasteiger partial charge in [-0.05, 0) is 39.5 Å². The first-order chi connectivity index (χ1) is 9.53. The van der Waals surface area contributed by atoms with Gasteiger partial charge in [-0.1, -0.05) is 31.2 Å². The van der Waals surface area contributed by atoms with Crippen LogP contribution in [0.25, 0.3) is 0 Å². The van der Waals surface area contributed by atoms with Crippen LogP contribution < -0.4 is 4.72 Å². The summed E-state index contributed by atoms with van der Waals surface area (Å²) in [6, 6.07) is 9.32. The van der Waals surface area contributed by atoms with Crippen LogP contribution in [-0.2, 0) is 23.0 Å². The summed E-state index contributed by atoms with van der Waals surface area (Å²) < 4.78 is 27.6. The molecule has 106 valence electrons. The minimum Gasteiger partial charge on any atom is -0.262 e. The molecule has 6 heteroatoms. The zero-order valence-electron chi connectivity index (χ0n) is 11.0. The smallest absolute Gasteiger partial charge is 0.242 e. The highest BCUT2D eigenvalue weighted by Crippen LogP contribution is 2.15. The van der Waals surface area contributed by atoms with Gasteiger partial charge in [-0.15, -0.1) is 0 Å². The van der Waals surface area contributed by atoms with Crippen LogP contribution in [0.3, 0.4) is 0 Å². The molecule has 20 heavy (non-hydrogen) atoms. The Morgan fingerprint density at radius 2 is 1.90 bits per heavy atom. The van der Waals surface area contributed by atoms with E-state index in [1.54, 1.807) is 6.20 Å². The van der Waals surface area contributed by atoms with Gasteiger partial charge in [0.05, 0.1) is 0 Å². The minimum absolute atomic E-state index is 0.154. The molecule has 0 amide bonds. The lowest BCUT2D eigenvalue weighted by Gasteiger charge is -2.10. The first kappa shape index (κ1) is 15.2. The largest absolute Gasteiger partial charge is 0.262 e. The number of halogens is 1. The Morgan fingerprint density at radius 3 is 2.55 bits per heavy atom. The van der Waals surface area contributed by atoms with Crippen LogP contribution in [0.15, 0.2) is 52.1 Å². The molecule has 2 rings (SSSR count). The number of sulfonamides is 1. The second-order valence-electron chi connectivity index (χ2n) is 4.29. The molecule has 0 spiro atoms. The van der Waals surface area contributed by atoms with Crippen LogP contribution in [0, 0.1) is 0 Å². The highest BCUT2D eigenvalue weighted by atomic mass is 79.9. The van der Waals surface area contributed by atoms with Crippen molar-refractivity contribution in [1.29, 1.82) is 0 Å². The fourth-order valence-electron chi connectivity index (χ4n) is 1.87. The Labute approximate surface area is 127 Å². The number of aryl methyl sites for hydroxylation is 1. The zero-order chi connectivity index (χ0) is 14.6. The summed E-state index contributed by atoms with van der Waals surface area (Å²) in [5.41, 5.74) is 2.13. The number of nitrogens with zero attached hydrogens (tertiary/aromatic N) is 1. The van der Waals surface area contributed by atoms with Crippen molar-refractivity contribution in [2.24, 2.45) is 0 Å². The number of rotatable bonds is 5. The van der Waals surface area contributed by atoms with Crippen LogP contribution in [0.4, 0.5) is 0 Å². The van der Waals surface area contributed by atoms with Crippen molar-refractivity contribution >= 4 is 26.0 Å². The lowest BCUT2D eigenvalue weighted by molar-refractivity contribution is 0.580. The Bertz CT molecular complexity index is 702. The molecule has 4 nitrogen and oxygen atoms in total. The first-order valence-corrected chi connectivity index (χ1v) is 8.47. The van der Waals surface area contributed by atoms with E-state index in [0.717, 1.165) is 17.5 Å². The van der Waals surface area contributed by atoms with Gasteiger partial charge >= 0.3 is 0 Å². The topological polar surface area (TPSA) is 59.1 Å². The van der Waals surface area contributed by atoms with Gasteiger partial charge in [0.15, 0.2) is 0 Å². The number of hydrogen-bond acceptors (Lipinski definition) is 3. The minimum atomic E-state index is -3.55. The third-order valence-corrected chi connectivity index (χ3v) is 4.74. The summed E-state index contributed by atoms with van der Waals surface area (Å²) in [6.45, 7) is 2.32. The lowest BCUT2D eigenvalue weighted by atomic mass is 10.1. The molecule has 1 aromatic carbocycles. The van der Waals surface area contributed by atoms with Crippen molar-refractivity contribution in [3.8, 4) is 0 Å². The first-order valence-electron chi connectivity index (χ1n) is 6.20. The van der Waals surface area contributed by atoms with Gasteiger partial charge in [-0.3, -0.25) is 4.98 Å². The van der Waals surface area contributed by atoms with Crippen molar-refractivity contribution < 1.29 is 8.42 Å². The molecule has 1 aromatic heterocycles. The third kappa shape index (κ3) is 3.65. The van der Waals surface area contributed by atoms with Crippen molar-refractivity contribution in [1.82, 2.24) is 9.71 Å². The quantitative estimate of drug-likeness (QED) is 0.897. The molecule has 0 unspecified atom stereocenters. The van der Waals surface area contributed by atoms with Gasteiger partial charge in [0, 0.05) is 23.4 Å². The van der Waals surface area contributed by atoms with Crippen LogP contribution in [0.1, 0.15) is 18.1 Å². The van der Waals surface area contributed by atoms with Crippen molar-refractivity contribution in [3.05, 3.63) is 58.3 Å². The van der Waals surface area contributed by atoms with Crippen LogP contribution in [0.2, 0.25) is 0 Å². The number of nitrogens with one attached hydrogen (secondary N) is 1. The molecule has 2 aromatic rings. The molecule has 1 heterocycles. The van der Waals surface area contributed by atoms with Gasteiger partial charge in [0.25, 0.3) is 0 Å². The molecule has 1 N–H and O–H groups in total. The van der Waals surface area contributed by atoms with E-state index in [1.165, 1.54) is 12.3 Å². The van der Waals surface area contributed by atoms with Crippen LogP contribution >= 0.6 is 15.9 Å². The van der Waals surface area contributed by atoms with Gasteiger partial charge < -0.3 is 0 Å². The average molecular weight is 355 g/mol. The van der Waals surface area contributed by atoms with E-state index in [9.17, 15) is 8.42 Å². The number of benzene rings is 1. The molecular formula is C14H15BrN2O2S. The SMILES string of the molecule is CCc1ccccc1CNS(=O)(=O)c1cncc(Br)c1. The predicted molar refractivity (Wildman–Crippen MR) is 81.8 cm³/mol. The molecule has 0 saturated carbocycles. The van der Waals surface area contributed by atoms with E-state index in [4.69, 9.17) is 0 Å². The summed E-state index contributed by atoms with van der Waals surface area (Å²) in [4.78, 5) is 4.03. The number of aromatic nitrogens is 1. The lowest BCUT2D eigenvalue weighted by Crippen LogP contribution is -2.24. The summed E-state index contributed by atoms with van der Waals surface area (Å²) in [7, 11) is -3.55.